The van der Waals surface area contributed by atoms with E-state index in [4.69, 9.17) is 4.74 Å². The molecule has 3 rings (SSSR count). The Morgan fingerprint density at radius 1 is 1.15 bits per heavy atom. The number of benzene rings is 1. The van der Waals surface area contributed by atoms with Gasteiger partial charge in [-0.3, -0.25) is 9.59 Å². The fraction of sp³-hybridized carbons (Fsp3) is 0.450. The van der Waals surface area contributed by atoms with Gasteiger partial charge in [0, 0.05) is 24.7 Å². The third-order valence-electron chi connectivity index (χ3n) is 5.03. The van der Waals surface area contributed by atoms with Crippen LogP contribution in [0.2, 0.25) is 0 Å². The molecule has 0 bridgehead atoms. The predicted octanol–water partition coefficient (Wildman–Crippen LogP) is 2.74. The van der Waals surface area contributed by atoms with Crippen molar-refractivity contribution in [3.8, 4) is 17.0 Å². The Balaban J connectivity index is 1.84. The number of aromatic nitrogens is 2. The normalized spacial score (nSPS) is 16.3. The van der Waals surface area contributed by atoms with Crippen LogP contribution in [0, 0.1) is 5.92 Å². The fourth-order valence-electron chi connectivity index (χ4n) is 3.22. The summed E-state index contributed by atoms with van der Waals surface area (Å²) in [6.45, 7) is 5.44. The third kappa shape index (κ3) is 3.79. The molecule has 0 saturated carbocycles. The van der Waals surface area contributed by atoms with Crippen molar-refractivity contribution in [3.63, 3.8) is 0 Å². The molecule has 1 unspecified atom stereocenters. The van der Waals surface area contributed by atoms with Gasteiger partial charge in [0.15, 0.2) is 0 Å². The largest absolute Gasteiger partial charge is 0.497 e. The van der Waals surface area contributed by atoms with Gasteiger partial charge >= 0.3 is 0 Å². The molecule has 1 saturated heterocycles. The maximum Gasteiger partial charge on any atom is 0.267 e. The minimum atomic E-state index is -0.617. The highest BCUT2D eigenvalue weighted by Gasteiger charge is 2.26. The molecular formula is C20H25N3O3. The van der Waals surface area contributed by atoms with Crippen LogP contribution >= 0.6 is 0 Å². The summed E-state index contributed by atoms with van der Waals surface area (Å²) in [5.74, 6) is 1.36. The van der Waals surface area contributed by atoms with Crippen LogP contribution in [-0.2, 0) is 4.79 Å². The van der Waals surface area contributed by atoms with E-state index in [0.717, 1.165) is 37.2 Å². The van der Waals surface area contributed by atoms with E-state index in [-0.39, 0.29) is 11.5 Å². The van der Waals surface area contributed by atoms with Crippen molar-refractivity contribution in [2.24, 2.45) is 5.92 Å². The van der Waals surface area contributed by atoms with E-state index in [9.17, 15) is 9.59 Å². The molecule has 1 amide bonds. The summed E-state index contributed by atoms with van der Waals surface area (Å²) in [5.41, 5.74) is 1.25. The highest BCUT2D eigenvalue weighted by molar-refractivity contribution is 5.80. The Morgan fingerprint density at radius 2 is 1.81 bits per heavy atom. The highest BCUT2D eigenvalue weighted by Crippen LogP contribution is 2.21. The number of ether oxygens (including phenoxy) is 1. The van der Waals surface area contributed by atoms with Crippen LogP contribution < -0.4 is 10.3 Å². The first-order chi connectivity index (χ1) is 12.5. The zero-order chi connectivity index (χ0) is 18.7. The van der Waals surface area contributed by atoms with Crippen LogP contribution in [0.15, 0.2) is 41.2 Å². The average Bonchev–Trinajstić information content (AvgIpc) is 2.68. The summed E-state index contributed by atoms with van der Waals surface area (Å²) < 4.78 is 6.46. The summed E-state index contributed by atoms with van der Waals surface area (Å²) in [6.07, 6.45) is 2.01. The molecule has 0 radical (unpaired) electrons. The first-order valence-electron chi connectivity index (χ1n) is 9.02. The summed E-state index contributed by atoms with van der Waals surface area (Å²) in [6, 6.07) is 9.98. The molecule has 2 aromatic rings. The first kappa shape index (κ1) is 18.2. The zero-order valence-corrected chi connectivity index (χ0v) is 15.5. The van der Waals surface area contributed by atoms with Gasteiger partial charge in [-0.05, 0) is 56.0 Å². The molecule has 1 fully saturated rings. The number of rotatable bonds is 4. The van der Waals surface area contributed by atoms with Gasteiger partial charge in [-0.25, -0.2) is 4.68 Å². The molecule has 1 atom stereocenters. The Kier molecular flexibility index (Phi) is 5.40. The van der Waals surface area contributed by atoms with E-state index in [1.165, 1.54) is 10.7 Å². The molecule has 1 aromatic heterocycles. The summed E-state index contributed by atoms with van der Waals surface area (Å²) in [4.78, 5) is 26.9. The van der Waals surface area contributed by atoms with Gasteiger partial charge in [-0.1, -0.05) is 6.92 Å². The van der Waals surface area contributed by atoms with Gasteiger partial charge in [0.25, 0.3) is 5.56 Å². The molecule has 0 spiro atoms. The molecule has 26 heavy (non-hydrogen) atoms. The number of nitrogens with zero attached hydrogens (tertiary/aromatic N) is 3. The highest BCUT2D eigenvalue weighted by atomic mass is 16.5. The summed E-state index contributed by atoms with van der Waals surface area (Å²) in [5, 5.41) is 4.44. The van der Waals surface area contributed by atoms with Crippen molar-refractivity contribution >= 4 is 5.91 Å². The van der Waals surface area contributed by atoms with E-state index < -0.39 is 6.04 Å². The SMILES string of the molecule is COc1ccc(-c2ccc(=O)n(C(C)C(=O)N3CCC(C)CC3)n2)cc1. The number of carbonyl (C=O) groups is 1. The predicted molar refractivity (Wildman–Crippen MR) is 100 cm³/mol. The quantitative estimate of drug-likeness (QED) is 0.846. The minimum Gasteiger partial charge on any atom is -0.497 e. The molecule has 0 N–H and O–H groups in total. The number of carbonyl (C=O) groups excluding carboxylic acids is 1. The summed E-state index contributed by atoms with van der Waals surface area (Å²) in [7, 11) is 1.61. The van der Waals surface area contributed by atoms with Crippen LogP contribution in [-0.4, -0.2) is 40.8 Å². The monoisotopic (exact) mass is 355 g/mol. The lowest BCUT2D eigenvalue weighted by molar-refractivity contribution is -0.136. The number of methoxy groups -OCH3 is 1. The van der Waals surface area contributed by atoms with Crippen molar-refractivity contribution in [1.82, 2.24) is 14.7 Å². The number of piperidine rings is 1. The standard InChI is InChI=1S/C20H25N3O3/c1-14-10-12-22(13-11-14)20(25)15(2)23-19(24)9-8-18(21-23)16-4-6-17(26-3)7-5-16/h4-9,14-15H,10-13H2,1-3H3. The Hall–Kier alpha value is -2.63. The topological polar surface area (TPSA) is 64.4 Å². The van der Waals surface area contributed by atoms with Crippen LogP contribution in [0.4, 0.5) is 0 Å². The molecule has 0 aliphatic carbocycles. The van der Waals surface area contributed by atoms with E-state index in [2.05, 4.69) is 12.0 Å². The molecule has 138 valence electrons. The van der Waals surface area contributed by atoms with Gasteiger partial charge in [0.1, 0.15) is 11.8 Å². The van der Waals surface area contributed by atoms with Crippen molar-refractivity contribution in [1.29, 1.82) is 0 Å². The Bertz CT molecular complexity index is 821. The van der Waals surface area contributed by atoms with Crippen molar-refractivity contribution < 1.29 is 9.53 Å². The number of hydrogen-bond donors (Lipinski definition) is 0. The molecule has 6 nitrogen and oxygen atoms in total. The molecule has 6 heteroatoms. The van der Waals surface area contributed by atoms with E-state index >= 15 is 0 Å². The minimum absolute atomic E-state index is 0.0432. The van der Waals surface area contributed by atoms with Crippen molar-refractivity contribution in [2.45, 2.75) is 32.7 Å². The lowest BCUT2D eigenvalue weighted by Gasteiger charge is -2.32. The van der Waals surface area contributed by atoms with E-state index in [1.807, 2.05) is 29.2 Å². The lowest BCUT2D eigenvalue weighted by Crippen LogP contribution is -2.43. The van der Waals surface area contributed by atoms with Gasteiger partial charge in [-0.2, -0.15) is 5.10 Å². The number of hydrogen-bond acceptors (Lipinski definition) is 4. The smallest absolute Gasteiger partial charge is 0.267 e. The second kappa shape index (κ2) is 7.72. The number of likely N-dealkylation sites (tertiary alicyclic amines) is 1. The fourth-order valence-corrected chi connectivity index (χ4v) is 3.22. The average molecular weight is 355 g/mol. The van der Waals surface area contributed by atoms with Gasteiger partial charge < -0.3 is 9.64 Å². The van der Waals surface area contributed by atoms with Crippen molar-refractivity contribution in [3.05, 3.63) is 46.8 Å². The molecule has 1 aliphatic rings. The lowest BCUT2D eigenvalue weighted by atomic mass is 9.99. The van der Waals surface area contributed by atoms with Gasteiger partial charge in [0.05, 0.1) is 12.8 Å². The van der Waals surface area contributed by atoms with Crippen LogP contribution in [0.5, 0.6) is 5.75 Å². The van der Waals surface area contributed by atoms with Gasteiger partial charge in [0.2, 0.25) is 5.91 Å². The maximum atomic E-state index is 12.8. The molecular weight excluding hydrogens is 330 g/mol. The van der Waals surface area contributed by atoms with Crippen LogP contribution in [0.1, 0.15) is 32.7 Å². The Morgan fingerprint density at radius 3 is 2.42 bits per heavy atom. The van der Waals surface area contributed by atoms with Crippen molar-refractivity contribution in [2.75, 3.05) is 20.2 Å². The second-order valence-corrected chi connectivity index (χ2v) is 6.91. The van der Waals surface area contributed by atoms with Crippen LogP contribution in [0.25, 0.3) is 11.3 Å². The maximum absolute atomic E-state index is 12.8. The second-order valence-electron chi connectivity index (χ2n) is 6.91. The van der Waals surface area contributed by atoms with Crippen LogP contribution in [0.3, 0.4) is 0 Å². The van der Waals surface area contributed by atoms with E-state index in [0.29, 0.717) is 11.6 Å². The molecule has 1 aliphatic heterocycles. The van der Waals surface area contributed by atoms with E-state index in [1.54, 1.807) is 20.1 Å². The third-order valence-corrected chi connectivity index (χ3v) is 5.03. The van der Waals surface area contributed by atoms with Gasteiger partial charge in [-0.15, -0.1) is 0 Å². The zero-order valence-electron chi connectivity index (χ0n) is 15.5. The first-order valence-corrected chi connectivity index (χ1v) is 9.02. The number of amides is 1. The molecule has 1 aromatic carbocycles. The molecule has 2 heterocycles. The Labute approximate surface area is 153 Å². The summed E-state index contributed by atoms with van der Waals surface area (Å²) >= 11 is 0.